The molecule has 6 aliphatic rings. The van der Waals surface area contributed by atoms with Crippen molar-refractivity contribution in [1.82, 2.24) is 0 Å². The molecule has 0 bridgehead atoms. The van der Waals surface area contributed by atoms with E-state index < -0.39 is 7.82 Å². The molecule has 6 saturated carbocycles. The van der Waals surface area contributed by atoms with E-state index in [1.807, 2.05) is 0 Å². The Morgan fingerprint density at radius 2 is 0.576 bits per heavy atom. The van der Waals surface area contributed by atoms with E-state index in [4.69, 9.17) is 27.8 Å². The van der Waals surface area contributed by atoms with Crippen LogP contribution in [-0.4, -0.2) is 20.4 Å². The standard InChI is InChI=1S/C51H69O7P/c1-31(37-16-17-37)43-10-7-11-44(32(2)38-18-19-38)49(43)53-28-56-59(52,57-29-54-50-45(33(3)39-20-21-39)12-8-13-46(50)34(4)40-22-23-40)58-30-55-51-47(35(5)41-24-25-41)14-9-15-48(51)36(6)42-26-27-42/h7-15,31-42H,16-30H2,1-6H3/t31-,32-,33-,34-,35-,36-/m0/s1. The van der Waals surface area contributed by atoms with Crippen LogP contribution in [0, 0.1) is 35.5 Å². The Bertz CT molecular complexity index is 1640. The van der Waals surface area contributed by atoms with Crippen molar-refractivity contribution in [2.75, 3.05) is 20.4 Å². The fourth-order valence-electron chi connectivity index (χ4n) is 10.0. The molecular formula is C51H69O7P. The van der Waals surface area contributed by atoms with Crippen molar-refractivity contribution in [3.63, 3.8) is 0 Å². The predicted octanol–water partition coefficient (Wildman–Crippen LogP) is 14.3. The lowest BCUT2D eigenvalue weighted by molar-refractivity contribution is -0.00582. The van der Waals surface area contributed by atoms with Crippen LogP contribution in [0.15, 0.2) is 54.6 Å². The third-order valence-electron chi connectivity index (χ3n) is 15.4. The average molecular weight is 825 g/mol. The van der Waals surface area contributed by atoms with Crippen molar-refractivity contribution in [3.8, 4) is 17.2 Å². The van der Waals surface area contributed by atoms with Crippen LogP contribution in [-0.2, 0) is 18.1 Å². The topological polar surface area (TPSA) is 72.5 Å². The maximum Gasteiger partial charge on any atom is 0.483 e. The highest BCUT2D eigenvalue weighted by Crippen LogP contribution is 2.55. The Morgan fingerprint density at radius 3 is 0.746 bits per heavy atom. The van der Waals surface area contributed by atoms with Crippen molar-refractivity contribution in [2.45, 2.75) is 154 Å². The van der Waals surface area contributed by atoms with Gasteiger partial charge in [-0.3, -0.25) is 0 Å². The number of benzene rings is 3. The molecule has 0 heterocycles. The molecule has 3 aromatic rings. The molecule has 0 saturated heterocycles. The second kappa shape index (κ2) is 17.5. The van der Waals surface area contributed by atoms with Gasteiger partial charge in [0.15, 0.2) is 20.4 Å². The van der Waals surface area contributed by atoms with Crippen molar-refractivity contribution >= 4 is 7.82 Å². The predicted molar refractivity (Wildman–Crippen MR) is 234 cm³/mol. The van der Waals surface area contributed by atoms with Gasteiger partial charge in [-0.25, -0.2) is 18.1 Å². The van der Waals surface area contributed by atoms with Crippen molar-refractivity contribution in [3.05, 3.63) is 88.0 Å². The third kappa shape index (κ3) is 9.80. The Balaban J connectivity index is 0.962. The number of hydrogen-bond donors (Lipinski definition) is 0. The fraction of sp³-hybridized carbons (Fsp3) is 0.647. The molecular weight excluding hydrogens is 756 g/mol. The lowest BCUT2D eigenvalue weighted by atomic mass is 9.88. The van der Waals surface area contributed by atoms with E-state index in [1.54, 1.807) is 0 Å². The molecule has 6 atom stereocenters. The molecule has 59 heavy (non-hydrogen) atoms. The Kier molecular flexibility index (Phi) is 12.3. The van der Waals surface area contributed by atoms with E-state index in [1.165, 1.54) is 110 Å². The number of ether oxygens (including phenoxy) is 3. The number of rotatable bonds is 24. The lowest BCUT2D eigenvalue weighted by Crippen LogP contribution is -2.15. The van der Waals surface area contributed by atoms with Crippen LogP contribution in [0.25, 0.3) is 0 Å². The maximum absolute atomic E-state index is 14.9. The molecule has 0 spiro atoms. The summed E-state index contributed by atoms with van der Waals surface area (Å²) in [5, 5.41) is 0. The molecule has 0 aliphatic heterocycles. The third-order valence-corrected chi connectivity index (χ3v) is 16.7. The average Bonchev–Trinajstić information content (AvgIpc) is 4.03. The van der Waals surface area contributed by atoms with Gasteiger partial charge in [-0.1, -0.05) is 96.1 Å². The van der Waals surface area contributed by atoms with Gasteiger partial charge in [0.1, 0.15) is 17.2 Å². The zero-order valence-electron chi connectivity index (χ0n) is 36.5. The summed E-state index contributed by atoms with van der Waals surface area (Å²) in [6.07, 6.45) is 14.9. The number of hydrogen-bond acceptors (Lipinski definition) is 7. The van der Waals surface area contributed by atoms with Gasteiger partial charge in [0.2, 0.25) is 0 Å². The van der Waals surface area contributed by atoms with Crippen LogP contribution in [0.1, 0.15) is 187 Å². The van der Waals surface area contributed by atoms with Gasteiger partial charge >= 0.3 is 7.82 Å². The molecule has 6 aliphatic carbocycles. The highest BCUT2D eigenvalue weighted by Gasteiger charge is 2.39. The van der Waals surface area contributed by atoms with Crippen LogP contribution in [0.4, 0.5) is 0 Å². The van der Waals surface area contributed by atoms with Crippen molar-refractivity contribution < 1.29 is 32.3 Å². The number of para-hydroxylation sites is 3. The normalized spacial score (nSPS) is 22.6. The van der Waals surface area contributed by atoms with Crippen LogP contribution < -0.4 is 14.2 Å². The monoisotopic (exact) mass is 824 g/mol. The zero-order valence-corrected chi connectivity index (χ0v) is 37.4. The summed E-state index contributed by atoms with van der Waals surface area (Å²) in [5.41, 5.74) is 7.18. The van der Waals surface area contributed by atoms with E-state index in [0.717, 1.165) is 17.2 Å². The second-order valence-electron chi connectivity index (χ2n) is 19.7. The summed E-state index contributed by atoms with van der Waals surface area (Å²) in [5.74, 6) is 8.74. The van der Waals surface area contributed by atoms with Crippen LogP contribution in [0.5, 0.6) is 17.2 Å². The quantitative estimate of drug-likeness (QED) is 0.0658. The number of phosphoric acid groups is 1. The van der Waals surface area contributed by atoms with E-state index in [-0.39, 0.29) is 20.4 Å². The summed E-state index contributed by atoms with van der Waals surface area (Å²) in [6, 6.07) is 19.7. The zero-order chi connectivity index (χ0) is 40.8. The molecule has 3 aromatic carbocycles. The molecule has 6 fully saturated rings. The SMILES string of the molecule is C[C@H](c1cccc([C@@H](C)C2CC2)c1OCOP(=O)(OCOc1c([C@@H](C)C2CC2)cccc1[C@@H](C)C1CC1)OCOc1c([C@@H](C)C2CC2)cccc1[C@@H](C)C1CC1)C1CC1. The van der Waals surface area contributed by atoms with Gasteiger partial charge in [-0.05, 0) is 181 Å². The molecule has 0 unspecified atom stereocenters. The molecule has 0 amide bonds. The molecule has 320 valence electrons. The minimum absolute atomic E-state index is 0.283. The molecule has 0 N–H and O–H groups in total. The summed E-state index contributed by atoms with van der Waals surface area (Å²) in [7, 11) is -4.28. The van der Waals surface area contributed by atoms with Gasteiger partial charge < -0.3 is 14.2 Å². The van der Waals surface area contributed by atoms with E-state index in [2.05, 4.69) is 96.1 Å². The first-order chi connectivity index (χ1) is 28.6. The molecule has 8 heteroatoms. The largest absolute Gasteiger partial charge is 0.483 e. The summed E-state index contributed by atoms with van der Waals surface area (Å²) in [4.78, 5) is 0. The Morgan fingerprint density at radius 1 is 0.390 bits per heavy atom. The van der Waals surface area contributed by atoms with Crippen molar-refractivity contribution in [1.29, 1.82) is 0 Å². The maximum atomic E-state index is 14.9. The first kappa shape index (κ1) is 41.5. The van der Waals surface area contributed by atoms with Gasteiger partial charge in [0.25, 0.3) is 0 Å². The lowest BCUT2D eigenvalue weighted by Gasteiger charge is -2.26. The van der Waals surface area contributed by atoms with E-state index >= 15 is 0 Å². The van der Waals surface area contributed by atoms with Gasteiger partial charge in [-0.15, -0.1) is 0 Å². The summed E-state index contributed by atoms with van der Waals surface area (Å²) in [6.45, 7) is 13.0. The summed E-state index contributed by atoms with van der Waals surface area (Å²) < 4.78 is 53.2. The first-order valence-electron chi connectivity index (χ1n) is 23.4. The highest BCUT2D eigenvalue weighted by molar-refractivity contribution is 7.48. The molecule has 0 aromatic heterocycles. The number of phosphoric ester groups is 1. The minimum Gasteiger partial charge on any atom is -0.466 e. The van der Waals surface area contributed by atoms with Crippen LogP contribution in [0.3, 0.4) is 0 Å². The van der Waals surface area contributed by atoms with Gasteiger partial charge in [0.05, 0.1) is 0 Å². The Labute approximate surface area is 354 Å². The smallest absolute Gasteiger partial charge is 0.466 e. The first-order valence-corrected chi connectivity index (χ1v) is 24.9. The van der Waals surface area contributed by atoms with E-state index in [0.29, 0.717) is 71.0 Å². The van der Waals surface area contributed by atoms with E-state index in [9.17, 15) is 4.57 Å². The minimum atomic E-state index is -4.28. The van der Waals surface area contributed by atoms with Crippen LogP contribution in [0.2, 0.25) is 0 Å². The molecule has 9 rings (SSSR count). The second-order valence-corrected chi connectivity index (χ2v) is 21.3. The van der Waals surface area contributed by atoms with Crippen molar-refractivity contribution in [2.24, 2.45) is 35.5 Å². The van der Waals surface area contributed by atoms with Gasteiger partial charge in [0, 0.05) is 0 Å². The van der Waals surface area contributed by atoms with Gasteiger partial charge in [-0.2, -0.15) is 0 Å². The highest BCUT2D eigenvalue weighted by atomic mass is 31.2. The fourth-order valence-corrected chi connectivity index (χ4v) is 10.8. The molecule has 0 radical (unpaired) electrons. The molecule has 7 nitrogen and oxygen atoms in total. The van der Waals surface area contributed by atoms with Crippen LogP contribution >= 0.6 is 7.82 Å². The summed E-state index contributed by atoms with van der Waals surface area (Å²) >= 11 is 0. The Hall–Kier alpha value is -2.83.